The first kappa shape index (κ1) is 16.3. The molecular weight excluding hydrogens is 262 g/mol. The average Bonchev–Trinajstić information content (AvgIpc) is 2.35. The van der Waals surface area contributed by atoms with Crippen LogP contribution in [0, 0.1) is 5.92 Å². The summed E-state index contributed by atoms with van der Waals surface area (Å²) in [5.74, 6) is -1.81. The molecule has 0 aliphatic carbocycles. The number of hydrogen-bond acceptors (Lipinski definition) is 3. The van der Waals surface area contributed by atoms with Crippen LogP contribution in [0.3, 0.4) is 0 Å². The number of primary amides is 1. The Hall–Kier alpha value is -1.79. The maximum atomic E-state index is 12.3. The SMILES string of the molecule is CC(C)C(NC(=O)N1CCCCC1(C)C(=O)O)C(N)=O. The van der Waals surface area contributed by atoms with Crippen molar-refractivity contribution in [1.82, 2.24) is 10.2 Å². The fraction of sp³-hybridized carbons (Fsp3) is 0.769. The molecule has 2 atom stereocenters. The van der Waals surface area contributed by atoms with Crippen LogP contribution in [-0.2, 0) is 9.59 Å². The minimum atomic E-state index is -1.23. The van der Waals surface area contributed by atoms with Crippen LogP contribution in [0.1, 0.15) is 40.0 Å². The highest BCUT2D eigenvalue weighted by Crippen LogP contribution is 2.28. The van der Waals surface area contributed by atoms with Crippen molar-refractivity contribution in [2.24, 2.45) is 11.7 Å². The predicted molar refractivity (Wildman–Crippen MR) is 72.9 cm³/mol. The van der Waals surface area contributed by atoms with Gasteiger partial charge in [0.15, 0.2) is 0 Å². The quantitative estimate of drug-likeness (QED) is 0.699. The Kier molecular flexibility index (Phi) is 4.97. The van der Waals surface area contributed by atoms with E-state index in [9.17, 15) is 19.5 Å². The Balaban J connectivity index is 2.88. The van der Waals surface area contributed by atoms with Gasteiger partial charge in [0.1, 0.15) is 11.6 Å². The summed E-state index contributed by atoms with van der Waals surface area (Å²) in [7, 11) is 0. The van der Waals surface area contributed by atoms with E-state index in [0.29, 0.717) is 13.0 Å². The van der Waals surface area contributed by atoms with E-state index in [2.05, 4.69) is 5.32 Å². The number of piperidine rings is 1. The second-order valence-electron chi connectivity index (χ2n) is 5.76. The summed E-state index contributed by atoms with van der Waals surface area (Å²) in [4.78, 5) is 36.3. The number of nitrogens with zero attached hydrogens (tertiary/aromatic N) is 1. The zero-order chi connectivity index (χ0) is 15.5. The molecule has 0 spiro atoms. The maximum Gasteiger partial charge on any atom is 0.329 e. The molecule has 1 heterocycles. The molecular formula is C13H23N3O4. The molecule has 1 rings (SSSR count). The third-order valence-corrected chi connectivity index (χ3v) is 3.85. The number of likely N-dealkylation sites (tertiary alicyclic amines) is 1. The first-order valence-electron chi connectivity index (χ1n) is 6.81. The number of carbonyl (C=O) groups excluding carboxylic acids is 2. The molecule has 0 aromatic heterocycles. The van der Waals surface area contributed by atoms with E-state index in [-0.39, 0.29) is 5.92 Å². The highest BCUT2D eigenvalue weighted by Gasteiger charge is 2.44. The van der Waals surface area contributed by atoms with Gasteiger partial charge in [-0.1, -0.05) is 13.8 Å². The van der Waals surface area contributed by atoms with E-state index in [0.717, 1.165) is 12.8 Å². The number of carboxylic acids is 1. The van der Waals surface area contributed by atoms with Crippen molar-refractivity contribution in [3.63, 3.8) is 0 Å². The number of carbonyl (C=O) groups is 3. The van der Waals surface area contributed by atoms with Gasteiger partial charge in [-0.15, -0.1) is 0 Å². The normalized spacial score (nSPS) is 24.3. The number of carboxylic acid groups (broad SMARTS) is 1. The zero-order valence-electron chi connectivity index (χ0n) is 12.2. The van der Waals surface area contributed by atoms with Gasteiger partial charge in [-0.3, -0.25) is 4.79 Å². The standard InChI is InChI=1S/C13H23N3O4/c1-8(2)9(10(14)17)15-12(20)16-7-5-4-6-13(16,3)11(18)19/h8-9H,4-7H2,1-3H3,(H2,14,17)(H,15,20)(H,18,19). The summed E-state index contributed by atoms with van der Waals surface area (Å²) in [6, 6.07) is -1.35. The van der Waals surface area contributed by atoms with E-state index in [1.165, 1.54) is 11.8 Å². The second-order valence-corrected chi connectivity index (χ2v) is 5.76. The summed E-state index contributed by atoms with van der Waals surface area (Å²) in [5.41, 5.74) is 4.02. The molecule has 4 N–H and O–H groups in total. The van der Waals surface area contributed by atoms with Gasteiger partial charge in [0.25, 0.3) is 0 Å². The molecule has 7 heteroatoms. The summed E-state index contributed by atoms with van der Waals surface area (Å²) >= 11 is 0. The lowest BCUT2D eigenvalue weighted by molar-refractivity contribution is -0.150. The van der Waals surface area contributed by atoms with E-state index < -0.39 is 29.5 Å². The van der Waals surface area contributed by atoms with Crippen molar-refractivity contribution in [2.45, 2.75) is 51.6 Å². The van der Waals surface area contributed by atoms with E-state index in [1.54, 1.807) is 13.8 Å². The van der Waals surface area contributed by atoms with Crippen LogP contribution in [0.25, 0.3) is 0 Å². The Labute approximate surface area is 118 Å². The lowest BCUT2D eigenvalue weighted by atomic mass is 9.89. The minimum Gasteiger partial charge on any atom is -0.480 e. The monoisotopic (exact) mass is 285 g/mol. The van der Waals surface area contributed by atoms with E-state index in [4.69, 9.17) is 5.73 Å². The van der Waals surface area contributed by atoms with Gasteiger partial charge < -0.3 is 21.1 Å². The summed E-state index contributed by atoms with van der Waals surface area (Å²) in [6.45, 7) is 5.42. The summed E-state index contributed by atoms with van der Waals surface area (Å²) in [6.07, 6.45) is 1.91. The smallest absolute Gasteiger partial charge is 0.329 e. The number of nitrogens with one attached hydrogen (secondary N) is 1. The fourth-order valence-corrected chi connectivity index (χ4v) is 2.45. The van der Waals surface area contributed by atoms with Gasteiger partial charge >= 0.3 is 12.0 Å². The van der Waals surface area contributed by atoms with E-state index in [1.807, 2.05) is 0 Å². The molecule has 114 valence electrons. The maximum absolute atomic E-state index is 12.3. The van der Waals surface area contributed by atoms with Crippen molar-refractivity contribution < 1.29 is 19.5 Å². The third-order valence-electron chi connectivity index (χ3n) is 3.85. The number of amides is 3. The molecule has 1 saturated heterocycles. The first-order valence-corrected chi connectivity index (χ1v) is 6.81. The highest BCUT2D eigenvalue weighted by atomic mass is 16.4. The van der Waals surface area contributed by atoms with E-state index >= 15 is 0 Å². The Morgan fingerprint density at radius 2 is 1.90 bits per heavy atom. The van der Waals surface area contributed by atoms with Crippen LogP contribution in [0.15, 0.2) is 0 Å². The molecule has 7 nitrogen and oxygen atoms in total. The number of nitrogens with two attached hydrogens (primary N) is 1. The van der Waals surface area contributed by atoms with Crippen molar-refractivity contribution in [2.75, 3.05) is 6.54 Å². The van der Waals surface area contributed by atoms with Crippen LogP contribution < -0.4 is 11.1 Å². The molecule has 0 radical (unpaired) electrons. The lowest BCUT2D eigenvalue weighted by Crippen LogP contribution is -2.62. The topological polar surface area (TPSA) is 113 Å². The lowest BCUT2D eigenvalue weighted by Gasteiger charge is -2.42. The van der Waals surface area contributed by atoms with Gasteiger partial charge in [0.2, 0.25) is 5.91 Å². The van der Waals surface area contributed by atoms with Gasteiger partial charge in [0.05, 0.1) is 0 Å². The Morgan fingerprint density at radius 1 is 1.30 bits per heavy atom. The first-order chi connectivity index (χ1) is 9.20. The van der Waals surface area contributed by atoms with Crippen molar-refractivity contribution in [1.29, 1.82) is 0 Å². The fourth-order valence-electron chi connectivity index (χ4n) is 2.45. The Morgan fingerprint density at radius 3 is 2.35 bits per heavy atom. The van der Waals surface area contributed by atoms with Crippen LogP contribution in [-0.4, -0.2) is 46.0 Å². The number of urea groups is 1. The number of rotatable bonds is 4. The van der Waals surface area contributed by atoms with Crippen LogP contribution in [0.2, 0.25) is 0 Å². The molecule has 0 bridgehead atoms. The van der Waals surface area contributed by atoms with Gasteiger partial charge in [-0.2, -0.15) is 0 Å². The van der Waals surface area contributed by atoms with Gasteiger partial charge in [0, 0.05) is 6.54 Å². The van der Waals surface area contributed by atoms with Crippen LogP contribution >= 0.6 is 0 Å². The molecule has 20 heavy (non-hydrogen) atoms. The molecule has 0 aromatic carbocycles. The largest absolute Gasteiger partial charge is 0.480 e. The minimum absolute atomic E-state index is 0.155. The molecule has 1 fully saturated rings. The third kappa shape index (κ3) is 3.20. The van der Waals surface area contributed by atoms with Crippen molar-refractivity contribution in [3.05, 3.63) is 0 Å². The second kappa shape index (κ2) is 6.11. The zero-order valence-corrected chi connectivity index (χ0v) is 12.2. The van der Waals surface area contributed by atoms with Crippen molar-refractivity contribution in [3.8, 4) is 0 Å². The van der Waals surface area contributed by atoms with Gasteiger partial charge in [-0.25, -0.2) is 9.59 Å². The summed E-state index contributed by atoms with van der Waals surface area (Å²) < 4.78 is 0. The summed E-state index contributed by atoms with van der Waals surface area (Å²) in [5, 5.41) is 11.9. The van der Waals surface area contributed by atoms with Crippen LogP contribution in [0.5, 0.6) is 0 Å². The van der Waals surface area contributed by atoms with Gasteiger partial charge in [-0.05, 0) is 32.1 Å². The highest BCUT2D eigenvalue weighted by molar-refractivity contribution is 5.89. The molecule has 1 aliphatic heterocycles. The Bertz CT molecular complexity index is 410. The van der Waals surface area contributed by atoms with Crippen molar-refractivity contribution >= 4 is 17.9 Å². The number of hydrogen-bond donors (Lipinski definition) is 3. The number of aliphatic carboxylic acids is 1. The molecule has 1 aliphatic rings. The predicted octanol–water partition coefficient (Wildman–Crippen LogP) is 0.535. The average molecular weight is 285 g/mol. The molecule has 0 aromatic rings. The molecule has 0 saturated carbocycles. The molecule has 2 unspecified atom stereocenters. The molecule has 3 amide bonds. The van der Waals surface area contributed by atoms with Crippen LogP contribution in [0.4, 0.5) is 4.79 Å².